The molecule has 0 heterocycles. The Morgan fingerprint density at radius 3 is 2.37 bits per heavy atom. The fourth-order valence-electron chi connectivity index (χ4n) is 1.98. The SMILES string of the molecule is CC(C)CN(C)c1ccc(CNC(C)(C)C)cc1Cl. The highest BCUT2D eigenvalue weighted by Crippen LogP contribution is 2.26. The van der Waals surface area contributed by atoms with E-state index in [0.717, 1.165) is 23.8 Å². The Kier molecular flexibility index (Phi) is 5.69. The van der Waals surface area contributed by atoms with Crippen LogP contribution >= 0.6 is 11.6 Å². The third kappa shape index (κ3) is 5.84. The number of nitrogens with zero attached hydrogens (tertiary/aromatic N) is 1. The maximum atomic E-state index is 6.39. The topological polar surface area (TPSA) is 15.3 Å². The molecular weight excluding hydrogens is 256 g/mol. The number of halogens is 1. The van der Waals surface area contributed by atoms with Crippen LogP contribution in [0.25, 0.3) is 0 Å². The van der Waals surface area contributed by atoms with Crippen LogP contribution in [0.1, 0.15) is 40.2 Å². The lowest BCUT2D eigenvalue weighted by Gasteiger charge is -2.24. The van der Waals surface area contributed by atoms with Gasteiger partial charge in [-0.3, -0.25) is 0 Å². The number of benzene rings is 1. The summed E-state index contributed by atoms with van der Waals surface area (Å²) in [5, 5.41) is 4.30. The van der Waals surface area contributed by atoms with Crippen molar-refractivity contribution in [2.24, 2.45) is 5.92 Å². The van der Waals surface area contributed by atoms with Crippen molar-refractivity contribution < 1.29 is 0 Å². The Morgan fingerprint density at radius 1 is 1.26 bits per heavy atom. The number of hydrogen-bond acceptors (Lipinski definition) is 2. The molecular formula is C16H27ClN2. The molecule has 0 atom stereocenters. The average Bonchev–Trinajstić information content (AvgIpc) is 2.24. The number of rotatable bonds is 5. The van der Waals surface area contributed by atoms with Crippen molar-refractivity contribution in [1.29, 1.82) is 0 Å². The van der Waals surface area contributed by atoms with Gasteiger partial charge in [-0.15, -0.1) is 0 Å². The first-order valence-corrected chi connectivity index (χ1v) is 7.31. The van der Waals surface area contributed by atoms with E-state index in [1.165, 1.54) is 5.56 Å². The zero-order valence-corrected chi connectivity index (χ0v) is 13.8. The summed E-state index contributed by atoms with van der Waals surface area (Å²) in [7, 11) is 2.09. The van der Waals surface area contributed by atoms with E-state index >= 15 is 0 Å². The lowest BCUT2D eigenvalue weighted by Crippen LogP contribution is -2.35. The van der Waals surface area contributed by atoms with Crippen LogP contribution in [-0.2, 0) is 6.54 Å². The van der Waals surface area contributed by atoms with E-state index in [4.69, 9.17) is 11.6 Å². The second-order valence-corrected chi connectivity index (χ2v) is 7.07. The summed E-state index contributed by atoms with van der Waals surface area (Å²) < 4.78 is 0. The lowest BCUT2D eigenvalue weighted by atomic mass is 10.1. The molecule has 19 heavy (non-hydrogen) atoms. The van der Waals surface area contributed by atoms with Crippen LogP contribution in [0.2, 0.25) is 5.02 Å². The van der Waals surface area contributed by atoms with Gasteiger partial charge >= 0.3 is 0 Å². The lowest BCUT2D eigenvalue weighted by molar-refractivity contribution is 0.424. The van der Waals surface area contributed by atoms with Crippen molar-refractivity contribution in [3.8, 4) is 0 Å². The van der Waals surface area contributed by atoms with E-state index < -0.39 is 0 Å². The first-order valence-electron chi connectivity index (χ1n) is 6.93. The highest BCUT2D eigenvalue weighted by atomic mass is 35.5. The van der Waals surface area contributed by atoms with Crippen LogP contribution in [-0.4, -0.2) is 19.1 Å². The van der Waals surface area contributed by atoms with E-state index in [-0.39, 0.29) is 5.54 Å². The van der Waals surface area contributed by atoms with Crippen molar-refractivity contribution in [2.75, 3.05) is 18.5 Å². The van der Waals surface area contributed by atoms with Gasteiger partial charge in [0.2, 0.25) is 0 Å². The Labute approximate surface area is 123 Å². The minimum absolute atomic E-state index is 0.125. The number of anilines is 1. The largest absolute Gasteiger partial charge is 0.373 e. The molecule has 0 unspecified atom stereocenters. The molecule has 2 nitrogen and oxygen atoms in total. The quantitative estimate of drug-likeness (QED) is 0.865. The molecule has 108 valence electrons. The molecule has 3 heteroatoms. The monoisotopic (exact) mass is 282 g/mol. The maximum absolute atomic E-state index is 6.39. The molecule has 1 aromatic rings. The van der Waals surface area contributed by atoms with Gasteiger partial charge in [-0.1, -0.05) is 31.5 Å². The smallest absolute Gasteiger partial charge is 0.0642 e. The Balaban J connectivity index is 2.74. The first-order chi connectivity index (χ1) is 8.69. The van der Waals surface area contributed by atoms with Crippen LogP contribution < -0.4 is 10.2 Å². The Morgan fingerprint density at radius 2 is 1.89 bits per heavy atom. The van der Waals surface area contributed by atoms with Crippen molar-refractivity contribution in [3.05, 3.63) is 28.8 Å². The molecule has 0 aliphatic heterocycles. The van der Waals surface area contributed by atoms with Crippen molar-refractivity contribution in [3.63, 3.8) is 0 Å². The first kappa shape index (κ1) is 16.3. The standard InChI is InChI=1S/C16H27ClN2/c1-12(2)11-19(6)15-8-7-13(9-14(15)17)10-18-16(3,4)5/h7-9,12,18H,10-11H2,1-6H3. The van der Waals surface area contributed by atoms with Crippen molar-refractivity contribution in [1.82, 2.24) is 5.32 Å². The van der Waals surface area contributed by atoms with Gasteiger partial charge in [0.15, 0.2) is 0 Å². The van der Waals surface area contributed by atoms with Crippen LogP contribution in [0.3, 0.4) is 0 Å². The van der Waals surface area contributed by atoms with Gasteiger partial charge in [0, 0.05) is 25.7 Å². The highest BCUT2D eigenvalue weighted by Gasteiger charge is 2.11. The zero-order valence-electron chi connectivity index (χ0n) is 13.0. The number of nitrogens with one attached hydrogen (secondary N) is 1. The van der Waals surface area contributed by atoms with Gasteiger partial charge < -0.3 is 10.2 Å². The molecule has 1 aromatic carbocycles. The summed E-state index contributed by atoms with van der Waals surface area (Å²) in [6, 6.07) is 6.33. The predicted octanol–water partition coefficient (Wildman–Crippen LogP) is 4.32. The predicted molar refractivity (Wildman–Crippen MR) is 86.2 cm³/mol. The van der Waals surface area contributed by atoms with E-state index in [0.29, 0.717) is 5.92 Å². The summed E-state index contributed by atoms with van der Waals surface area (Å²) in [5.41, 5.74) is 2.45. The van der Waals surface area contributed by atoms with Gasteiger partial charge in [-0.25, -0.2) is 0 Å². The van der Waals surface area contributed by atoms with Crippen LogP contribution in [0, 0.1) is 5.92 Å². The van der Waals surface area contributed by atoms with Crippen LogP contribution in [0.15, 0.2) is 18.2 Å². The summed E-state index contributed by atoms with van der Waals surface area (Å²) >= 11 is 6.39. The normalized spacial score (nSPS) is 12.0. The van der Waals surface area contributed by atoms with E-state index in [9.17, 15) is 0 Å². The second kappa shape index (κ2) is 6.62. The van der Waals surface area contributed by atoms with E-state index in [1.807, 2.05) is 0 Å². The van der Waals surface area contributed by atoms with Gasteiger partial charge in [-0.05, 0) is 44.4 Å². The second-order valence-electron chi connectivity index (χ2n) is 6.66. The Hall–Kier alpha value is -0.730. The molecule has 0 radical (unpaired) electrons. The van der Waals surface area contributed by atoms with Crippen LogP contribution in [0.5, 0.6) is 0 Å². The molecule has 0 aliphatic carbocycles. The van der Waals surface area contributed by atoms with Crippen molar-refractivity contribution in [2.45, 2.75) is 46.7 Å². The summed E-state index contributed by atoms with van der Waals surface area (Å²) in [6.45, 7) is 12.8. The zero-order chi connectivity index (χ0) is 14.6. The molecule has 1 rings (SSSR count). The van der Waals surface area contributed by atoms with E-state index in [1.54, 1.807) is 0 Å². The molecule has 0 bridgehead atoms. The van der Waals surface area contributed by atoms with Gasteiger partial charge in [0.25, 0.3) is 0 Å². The van der Waals surface area contributed by atoms with Crippen molar-refractivity contribution >= 4 is 17.3 Å². The highest BCUT2D eigenvalue weighted by molar-refractivity contribution is 6.33. The van der Waals surface area contributed by atoms with Gasteiger partial charge in [-0.2, -0.15) is 0 Å². The molecule has 0 amide bonds. The molecule has 0 spiro atoms. The van der Waals surface area contributed by atoms with Gasteiger partial charge in [0.1, 0.15) is 0 Å². The molecule has 0 saturated carbocycles. The number of hydrogen-bond donors (Lipinski definition) is 1. The average molecular weight is 283 g/mol. The molecule has 1 N–H and O–H groups in total. The van der Waals surface area contributed by atoms with Gasteiger partial charge in [0.05, 0.1) is 10.7 Å². The maximum Gasteiger partial charge on any atom is 0.0642 e. The Bertz CT molecular complexity index is 408. The molecule has 0 saturated heterocycles. The minimum Gasteiger partial charge on any atom is -0.373 e. The van der Waals surface area contributed by atoms with E-state index in [2.05, 4.69) is 70.1 Å². The molecule has 0 aliphatic rings. The van der Waals surface area contributed by atoms with Crippen LogP contribution in [0.4, 0.5) is 5.69 Å². The summed E-state index contributed by atoms with van der Waals surface area (Å²) in [6.07, 6.45) is 0. The fourth-order valence-corrected chi connectivity index (χ4v) is 2.33. The third-order valence-corrected chi connectivity index (χ3v) is 3.19. The molecule has 0 fully saturated rings. The minimum atomic E-state index is 0.125. The fraction of sp³-hybridized carbons (Fsp3) is 0.625. The molecule has 0 aromatic heterocycles. The third-order valence-electron chi connectivity index (χ3n) is 2.89. The summed E-state index contributed by atoms with van der Waals surface area (Å²) in [5.74, 6) is 0.628. The summed E-state index contributed by atoms with van der Waals surface area (Å²) in [4.78, 5) is 2.22.